The zero-order chi connectivity index (χ0) is 73.2. The number of allylic oxidation sites excluding steroid dienone is 2. The molecule has 0 amide bonds. The number of phosphoric ester groups is 2. The average molecular weight is 1460 g/mol. The van der Waals surface area contributed by atoms with Crippen molar-refractivity contribution in [3.05, 3.63) is 12.2 Å². The summed E-state index contributed by atoms with van der Waals surface area (Å²) in [6, 6.07) is 0. The van der Waals surface area contributed by atoms with Gasteiger partial charge in [0.25, 0.3) is 0 Å². The molecule has 0 bridgehead atoms. The van der Waals surface area contributed by atoms with Gasteiger partial charge in [0.1, 0.15) is 19.3 Å². The van der Waals surface area contributed by atoms with Gasteiger partial charge in [0.05, 0.1) is 26.4 Å². The van der Waals surface area contributed by atoms with Crippen LogP contribution in [0.25, 0.3) is 0 Å². The molecule has 0 aliphatic heterocycles. The lowest BCUT2D eigenvalue weighted by Gasteiger charge is -2.21. The van der Waals surface area contributed by atoms with Crippen molar-refractivity contribution in [1.29, 1.82) is 0 Å². The first-order valence-corrected chi connectivity index (χ1v) is 44.9. The fraction of sp³-hybridized carbons (Fsp3) is 0.926. The molecule has 0 aromatic heterocycles. The van der Waals surface area contributed by atoms with E-state index in [9.17, 15) is 43.2 Å². The Morgan fingerprint density at radius 1 is 0.270 bits per heavy atom. The monoisotopic (exact) mass is 1460 g/mol. The van der Waals surface area contributed by atoms with E-state index in [1.165, 1.54) is 244 Å². The highest BCUT2D eigenvalue weighted by Gasteiger charge is 2.30. The molecule has 0 spiro atoms. The molecule has 17 nitrogen and oxygen atoms in total. The smallest absolute Gasteiger partial charge is 0.462 e. The first kappa shape index (κ1) is 97.8. The average Bonchev–Trinajstić information content (AvgIpc) is 1.10. The maximum absolute atomic E-state index is 13.1. The molecule has 100 heavy (non-hydrogen) atoms. The second-order valence-corrected chi connectivity index (χ2v) is 31.7. The predicted molar refractivity (Wildman–Crippen MR) is 409 cm³/mol. The minimum atomic E-state index is -4.96. The summed E-state index contributed by atoms with van der Waals surface area (Å²) in [5, 5.41) is 10.6. The zero-order valence-electron chi connectivity index (χ0n) is 64.9. The summed E-state index contributed by atoms with van der Waals surface area (Å²) in [5.41, 5.74) is 0. The number of ether oxygens (including phenoxy) is 4. The quantitative estimate of drug-likeness (QED) is 0.0169. The SMILES string of the molecule is CCCCCCCC/C=C\CCCCCCCC(=O)O[C@H](COC(=O)CCCCCCCCCCCCCCC)COP(=O)(O)OC[C@H](O)COP(=O)(O)OC[C@@H](COC(=O)CCCCCCCCCCCCCCCCCCC)OC(=O)CCCCCCCCCCCCCCCCC. The van der Waals surface area contributed by atoms with E-state index in [1.54, 1.807) is 0 Å². The molecule has 0 aromatic carbocycles. The summed E-state index contributed by atoms with van der Waals surface area (Å²) in [5.74, 6) is -2.12. The molecule has 0 heterocycles. The molecule has 0 fully saturated rings. The van der Waals surface area contributed by atoms with Crippen molar-refractivity contribution < 1.29 is 80.2 Å². The second kappa shape index (κ2) is 75.0. The lowest BCUT2D eigenvalue weighted by molar-refractivity contribution is -0.161. The molecule has 0 rings (SSSR count). The van der Waals surface area contributed by atoms with E-state index in [0.29, 0.717) is 25.7 Å². The van der Waals surface area contributed by atoms with Gasteiger partial charge in [0, 0.05) is 25.7 Å². The van der Waals surface area contributed by atoms with Crippen molar-refractivity contribution in [3.8, 4) is 0 Å². The topological polar surface area (TPSA) is 237 Å². The third-order valence-electron chi connectivity index (χ3n) is 18.8. The standard InChI is InChI=1S/C81H156O17P2/c1-5-9-13-17-21-25-29-33-36-37-40-42-46-50-54-58-62-66-79(84)92-72-77(98-81(86)68-64-60-56-52-48-44-39-35-31-27-23-19-15-11-7-3)74-96-100(89,90)94-70-75(82)69-93-99(87,88)95-73-76(71-91-78(83)65-61-57-53-49-45-41-32-28-24-20-16-12-8-4)97-80(85)67-63-59-55-51-47-43-38-34-30-26-22-18-14-10-6-2/h34,38,75-77,82H,5-33,35-37,39-74H2,1-4H3,(H,87,88)(H,89,90)/b38-34-/t75-,76+,77+/m0/s1. The molecule has 0 saturated carbocycles. The zero-order valence-corrected chi connectivity index (χ0v) is 66.7. The summed E-state index contributed by atoms with van der Waals surface area (Å²) in [7, 11) is -9.93. The predicted octanol–water partition coefficient (Wildman–Crippen LogP) is 24.3. The number of hydrogen-bond acceptors (Lipinski definition) is 15. The van der Waals surface area contributed by atoms with Crippen molar-refractivity contribution in [2.24, 2.45) is 0 Å². The van der Waals surface area contributed by atoms with E-state index in [0.717, 1.165) is 103 Å². The number of rotatable bonds is 81. The highest BCUT2D eigenvalue weighted by molar-refractivity contribution is 7.47. The van der Waals surface area contributed by atoms with Crippen molar-refractivity contribution in [1.82, 2.24) is 0 Å². The Bertz CT molecular complexity index is 1940. The molecular weight excluding hydrogens is 1310 g/mol. The second-order valence-electron chi connectivity index (χ2n) is 28.8. The van der Waals surface area contributed by atoms with Gasteiger partial charge < -0.3 is 33.8 Å². The molecule has 0 saturated heterocycles. The summed E-state index contributed by atoms with van der Waals surface area (Å²) in [4.78, 5) is 73.1. The fourth-order valence-corrected chi connectivity index (χ4v) is 13.9. The Balaban J connectivity index is 5.28. The molecule has 0 radical (unpaired) electrons. The van der Waals surface area contributed by atoms with Crippen LogP contribution in [0.3, 0.4) is 0 Å². The van der Waals surface area contributed by atoms with Gasteiger partial charge in [-0.1, -0.05) is 361 Å². The van der Waals surface area contributed by atoms with Crippen LogP contribution in [0.1, 0.15) is 426 Å². The van der Waals surface area contributed by atoms with Crippen LogP contribution in [0.2, 0.25) is 0 Å². The minimum absolute atomic E-state index is 0.0952. The number of hydrogen-bond donors (Lipinski definition) is 3. The van der Waals surface area contributed by atoms with Crippen molar-refractivity contribution in [3.63, 3.8) is 0 Å². The minimum Gasteiger partial charge on any atom is -0.462 e. The Hall–Kier alpha value is -2.20. The highest BCUT2D eigenvalue weighted by atomic mass is 31.2. The van der Waals surface area contributed by atoms with Crippen molar-refractivity contribution in [2.45, 2.75) is 444 Å². The summed E-state index contributed by atoms with van der Waals surface area (Å²) >= 11 is 0. The third kappa shape index (κ3) is 74.1. The summed E-state index contributed by atoms with van der Waals surface area (Å²) < 4.78 is 68.7. The van der Waals surface area contributed by atoms with Crippen LogP contribution < -0.4 is 0 Å². The Morgan fingerprint density at radius 2 is 0.460 bits per heavy atom. The number of carbonyl (C=O) groups excluding carboxylic acids is 4. The Kier molecular flexibility index (Phi) is 73.4. The summed E-state index contributed by atoms with van der Waals surface area (Å²) in [6.07, 6.45) is 68.9. The van der Waals surface area contributed by atoms with Crippen LogP contribution in [-0.4, -0.2) is 96.7 Å². The van der Waals surface area contributed by atoms with Gasteiger partial charge in [0.2, 0.25) is 0 Å². The number of carbonyl (C=O) groups is 4. The first-order chi connectivity index (χ1) is 48.7. The lowest BCUT2D eigenvalue weighted by Crippen LogP contribution is -2.30. The van der Waals surface area contributed by atoms with E-state index < -0.39 is 97.5 Å². The highest BCUT2D eigenvalue weighted by Crippen LogP contribution is 2.45. The largest absolute Gasteiger partial charge is 0.472 e. The number of phosphoric acid groups is 2. The molecule has 0 aliphatic carbocycles. The van der Waals surface area contributed by atoms with E-state index in [2.05, 4.69) is 39.8 Å². The van der Waals surface area contributed by atoms with Crippen molar-refractivity contribution in [2.75, 3.05) is 39.6 Å². The Labute approximate surface area is 612 Å². The lowest BCUT2D eigenvalue weighted by atomic mass is 10.0. The van der Waals surface area contributed by atoms with E-state index in [4.69, 9.17) is 37.0 Å². The molecule has 5 atom stereocenters. The van der Waals surface area contributed by atoms with Crippen LogP contribution in [0.5, 0.6) is 0 Å². The van der Waals surface area contributed by atoms with E-state index in [-0.39, 0.29) is 25.7 Å². The number of aliphatic hydroxyl groups is 1. The third-order valence-corrected chi connectivity index (χ3v) is 20.7. The van der Waals surface area contributed by atoms with Gasteiger partial charge in [-0.2, -0.15) is 0 Å². The van der Waals surface area contributed by atoms with Crippen LogP contribution in [-0.2, 0) is 65.4 Å². The van der Waals surface area contributed by atoms with Crippen LogP contribution in [0, 0.1) is 0 Å². The molecule has 19 heteroatoms. The maximum atomic E-state index is 13.1. The van der Waals surface area contributed by atoms with Gasteiger partial charge in [-0.25, -0.2) is 9.13 Å². The van der Waals surface area contributed by atoms with E-state index >= 15 is 0 Å². The van der Waals surface area contributed by atoms with Gasteiger partial charge in [-0.05, 0) is 51.4 Å². The number of unbranched alkanes of at least 4 members (excludes halogenated alkanes) is 53. The molecule has 592 valence electrons. The fourth-order valence-electron chi connectivity index (χ4n) is 12.3. The first-order valence-electron chi connectivity index (χ1n) is 41.9. The maximum Gasteiger partial charge on any atom is 0.472 e. The molecule has 0 aliphatic rings. The van der Waals surface area contributed by atoms with Crippen LogP contribution in [0.15, 0.2) is 12.2 Å². The summed E-state index contributed by atoms with van der Waals surface area (Å²) in [6.45, 7) is 5.01. The van der Waals surface area contributed by atoms with Gasteiger partial charge >= 0.3 is 39.5 Å². The van der Waals surface area contributed by atoms with Gasteiger partial charge in [0.15, 0.2) is 12.2 Å². The van der Waals surface area contributed by atoms with Crippen LogP contribution in [0.4, 0.5) is 0 Å². The van der Waals surface area contributed by atoms with Crippen LogP contribution >= 0.6 is 15.6 Å². The molecule has 3 N–H and O–H groups in total. The number of esters is 4. The van der Waals surface area contributed by atoms with Gasteiger partial charge in [-0.3, -0.25) is 37.3 Å². The normalized spacial score (nSPS) is 13.9. The van der Waals surface area contributed by atoms with Gasteiger partial charge in [-0.15, -0.1) is 0 Å². The molecular formula is C81H156O17P2. The number of aliphatic hydroxyl groups excluding tert-OH is 1. The molecule has 2 unspecified atom stereocenters. The Morgan fingerprint density at radius 3 is 0.690 bits per heavy atom. The molecule has 0 aromatic rings. The van der Waals surface area contributed by atoms with Crippen molar-refractivity contribution >= 4 is 39.5 Å². The van der Waals surface area contributed by atoms with E-state index in [1.807, 2.05) is 0 Å².